The van der Waals surface area contributed by atoms with Crippen LogP contribution in [0.1, 0.15) is 55.6 Å². The molecule has 7 heteroatoms. The van der Waals surface area contributed by atoms with E-state index in [0.717, 1.165) is 11.1 Å². The first-order chi connectivity index (χ1) is 15.5. The summed E-state index contributed by atoms with van der Waals surface area (Å²) in [7, 11) is 0. The van der Waals surface area contributed by atoms with E-state index >= 15 is 0 Å². The number of carbonyl (C=O) groups is 3. The van der Waals surface area contributed by atoms with Crippen LogP contribution >= 0.6 is 0 Å². The number of halogens is 1. The third kappa shape index (κ3) is 5.97. The highest BCUT2D eigenvalue weighted by Gasteiger charge is 2.29. The fourth-order valence-corrected chi connectivity index (χ4v) is 4.14. The predicted molar refractivity (Wildman–Crippen MR) is 125 cm³/mol. The third-order valence-electron chi connectivity index (χ3n) is 5.61. The van der Waals surface area contributed by atoms with Crippen LogP contribution in [0, 0.1) is 18.7 Å². The lowest BCUT2D eigenvalue weighted by molar-refractivity contribution is -0.128. The highest BCUT2D eigenvalue weighted by atomic mass is 19.1. The molecule has 0 spiro atoms. The third-order valence-corrected chi connectivity index (χ3v) is 5.61. The number of aryl methyl sites for hydroxylation is 1. The summed E-state index contributed by atoms with van der Waals surface area (Å²) in [5.41, 5.74) is 3.22. The molecule has 1 heterocycles. The highest BCUT2D eigenvalue weighted by molar-refractivity contribution is 5.95. The number of Topliss-reactive ketones (excluding diaryl/α,β-unsaturated/α-hetero) is 1. The maximum atomic E-state index is 14.7. The lowest BCUT2D eigenvalue weighted by Crippen LogP contribution is -2.48. The van der Waals surface area contributed by atoms with Crippen LogP contribution in [0.5, 0.6) is 5.75 Å². The zero-order valence-electron chi connectivity index (χ0n) is 19.8. The SMILES string of the molecule is CC(=O)N[C@@H](CC(C)C)C(=O)NC[C@H]1Cc2cc(C)cc(-c3cc(C(C)=O)ccc3F)c2O1. The molecule has 176 valence electrons. The first kappa shape index (κ1) is 24.4. The molecular formula is C26H31FN2O4. The van der Waals surface area contributed by atoms with Crippen molar-refractivity contribution in [3.05, 3.63) is 52.8 Å². The Morgan fingerprint density at radius 1 is 1.12 bits per heavy atom. The summed E-state index contributed by atoms with van der Waals surface area (Å²) in [5.74, 6) is -0.270. The lowest BCUT2D eigenvalue weighted by Gasteiger charge is -2.20. The molecule has 2 aromatic rings. The fourth-order valence-electron chi connectivity index (χ4n) is 4.14. The van der Waals surface area contributed by atoms with Crippen LogP contribution in [0.3, 0.4) is 0 Å². The van der Waals surface area contributed by atoms with Gasteiger partial charge in [0.2, 0.25) is 11.8 Å². The number of carbonyl (C=O) groups excluding carboxylic acids is 3. The number of benzene rings is 2. The van der Waals surface area contributed by atoms with Crippen molar-refractivity contribution in [1.29, 1.82) is 0 Å². The summed E-state index contributed by atoms with van der Waals surface area (Å²) in [6.45, 7) is 9.00. The van der Waals surface area contributed by atoms with E-state index < -0.39 is 11.9 Å². The summed E-state index contributed by atoms with van der Waals surface area (Å²) in [5, 5.41) is 5.58. The van der Waals surface area contributed by atoms with Gasteiger partial charge in [-0.15, -0.1) is 0 Å². The number of ether oxygens (including phenoxy) is 1. The second kappa shape index (κ2) is 10.1. The number of rotatable bonds is 8. The van der Waals surface area contributed by atoms with E-state index in [9.17, 15) is 18.8 Å². The first-order valence-corrected chi connectivity index (χ1v) is 11.2. The maximum absolute atomic E-state index is 14.7. The molecule has 2 amide bonds. The van der Waals surface area contributed by atoms with Crippen molar-refractivity contribution in [2.24, 2.45) is 5.92 Å². The van der Waals surface area contributed by atoms with Gasteiger partial charge in [0, 0.05) is 30.0 Å². The van der Waals surface area contributed by atoms with Crippen LogP contribution in [-0.4, -0.2) is 36.3 Å². The second-order valence-corrected chi connectivity index (χ2v) is 9.12. The Kier molecular flexibility index (Phi) is 7.51. The Morgan fingerprint density at radius 3 is 2.48 bits per heavy atom. The smallest absolute Gasteiger partial charge is 0.242 e. The fraction of sp³-hybridized carbons (Fsp3) is 0.423. The van der Waals surface area contributed by atoms with E-state index in [0.29, 0.717) is 35.3 Å². The summed E-state index contributed by atoms with van der Waals surface area (Å²) in [6, 6.07) is 7.55. The van der Waals surface area contributed by atoms with Crippen LogP contribution < -0.4 is 15.4 Å². The minimum absolute atomic E-state index is 0.142. The van der Waals surface area contributed by atoms with Crippen molar-refractivity contribution in [3.8, 4) is 16.9 Å². The van der Waals surface area contributed by atoms with E-state index in [1.165, 1.54) is 26.0 Å². The van der Waals surface area contributed by atoms with Crippen molar-refractivity contribution in [2.75, 3.05) is 6.54 Å². The number of hydrogen-bond donors (Lipinski definition) is 2. The molecule has 0 saturated carbocycles. The van der Waals surface area contributed by atoms with Crippen molar-refractivity contribution >= 4 is 17.6 Å². The standard InChI is InChI=1S/C26H31FN2O4/c1-14(2)8-24(29-17(5)31)26(32)28-13-20-11-19-9-15(3)10-22(25(19)33-20)21-12-18(16(4)30)6-7-23(21)27/h6-7,9-10,12,14,20,24H,8,11,13H2,1-5H3,(H,28,32)(H,29,31)/t20-,24+/m1/s1. The van der Waals surface area contributed by atoms with Crippen molar-refractivity contribution in [2.45, 2.75) is 59.6 Å². The average Bonchev–Trinajstić information content (AvgIpc) is 3.13. The Hall–Kier alpha value is -3.22. The van der Waals surface area contributed by atoms with E-state index in [1.54, 1.807) is 6.07 Å². The number of ketones is 1. The Bertz CT molecular complexity index is 1080. The second-order valence-electron chi connectivity index (χ2n) is 9.12. The summed E-state index contributed by atoms with van der Waals surface area (Å²) in [4.78, 5) is 36.0. The van der Waals surface area contributed by atoms with Gasteiger partial charge >= 0.3 is 0 Å². The molecule has 0 unspecified atom stereocenters. The molecule has 2 atom stereocenters. The predicted octanol–water partition coefficient (Wildman–Crippen LogP) is 3.97. The molecule has 0 bridgehead atoms. The topological polar surface area (TPSA) is 84.5 Å². The molecule has 2 N–H and O–H groups in total. The lowest BCUT2D eigenvalue weighted by atomic mass is 9.95. The largest absolute Gasteiger partial charge is 0.487 e. The van der Waals surface area contributed by atoms with Crippen LogP contribution in [0.2, 0.25) is 0 Å². The molecule has 33 heavy (non-hydrogen) atoms. The molecule has 0 fully saturated rings. The Morgan fingerprint density at radius 2 is 1.85 bits per heavy atom. The van der Waals surface area contributed by atoms with Crippen molar-refractivity contribution in [1.82, 2.24) is 10.6 Å². The number of fused-ring (bicyclic) bond motifs is 1. The molecule has 0 radical (unpaired) electrons. The van der Waals surface area contributed by atoms with Crippen molar-refractivity contribution in [3.63, 3.8) is 0 Å². The Labute approximate surface area is 193 Å². The molecule has 0 saturated heterocycles. The van der Waals surface area contributed by atoms with Gasteiger partial charge in [0.25, 0.3) is 0 Å². The summed E-state index contributed by atoms with van der Waals surface area (Å²) < 4.78 is 20.9. The van der Waals surface area contributed by atoms with Crippen LogP contribution in [0.25, 0.3) is 11.1 Å². The molecule has 2 aromatic carbocycles. The number of hydrogen-bond acceptors (Lipinski definition) is 4. The van der Waals surface area contributed by atoms with Gasteiger partial charge in [-0.1, -0.05) is 19.9 Å². The van der Waals surface area contributed by atoms with E-state index in [4.69, 9.17) is 4.74 Å². The van der Waals surface area contributed by atoms with Gasteiger partial charge in [0.05, 0.1) is 6.54 Å². The molecular weight excluding hydrogens is 423 g/mol. The molecule has 3 rings (SSSR count). The summed E-state index contributed by atoms with van der Waals surface area (Å²) in [6.07, 6.45) is 0.778. The van der Waals surface area contributed by atoms with Gasteiger partial charge in [-0.25, -0.2) is 4.39 Å². The maximum Gasteiger partial charge on any atom is 0.242 e. The minimum Gasteiger partial charge on any atom is -0.487 e. The van der Waals surface area contributed by atoms with Gasteiger partial charge in [0.1, 0.15) is 23.7 Å². The average molecular weight is 455 g/mol. The number of amides is 2. The zero-order valence-corrected chi connectivity index (χ0v) is 19.8. The monoisotopic (exact) mass is 454 g/mol. The van der Waals surface area contributed by atoms with Gasteiger partial charge < -0.3 is 15.4 Å². The molecule has 0 aromatic heterocycles. The first-order valence-electron chi connectivity index (χ1n) is 11.2. The van der Waals surface area contributed by atoms with E-state index in [2.05, 4.69) is 10.6 Å². The zero-order chi connectivity index (χ0) is 24.3. The quantitative estimate of drug-likeness (QED) is 0.591. The molecule has 6 nitrogen and oxygen atoms in total. The Balaban J connectivity index is 1.78. The van der Waals surface area contributed by atoms with Gasteiger partial charge in [0.15, 0.2) is 5.78 Å². The molecule has 1 aliphatic heterocycles. The van der Waals surface area contributed by atoms with Crippen molar-refractivity contribution < 1.29 is 23.5 Å². The number of nitrogens with one attached hydrogen (secondary N) is 2. The van der Waals surface area contributed by atoms with Crippen LogP contribution in [-0.2, 0) is 16.0 Å². The van der Waals surface area contributed by atoms with Gasteiger partial charge in [-0.2, -0.15) is 0 Å². The van der Waals surface area contributed by atoms with Gasteiger partial charge in [-0.3, -0.25) is 14.4 Å². The van der Waals surface area contributed by atoms with Gasteiger partial charge in [-0.05, 0) is 61.6 Å². The minimum atomic E-state index is -0.604. The normalized spacial score (nSPS) is 15.5. The molecule has 1 aliphatic rings. The van der Waals surface area contributed by atoms with Crippen LogP contribution in [0.15, 0.2) is 30.3 Å². The van der Waals surface area contributed by atoms with E-state index in [1.807, 2.05) is 32.9 Å². The van der Waals surface area contributed by atoms with Crippen LogP contribution in [0.4, 0.5) is 4.39 Å². The van der Waals surface area contributed by atoms with E-state index in [-0.39, 0.29) is 36.2 Å². The molecule has 0 aliphatic carbocycles. The summed E-state index contributed by atoms with van der Waals surface area (Å²) >= 11 is 0. The highest BCUT2D eigenvalue weighted by Crippen LogP contribution is 2.41.